The maximum absolute atomic E-state index is 12.7. The van der Waals surface area contributed by atoms with Crippen LogP contribution in [-0.2, 0) is 0 Å². The number of nitro groups is 1. The molecule has 82 valence electrons. The maximum atomic E-state index is 12.7. The molecule has 0 amide bonds. The van der Waals surface area contributed by atoms with Crippen molar-refractivity contribution in [2.75, 3.05) is 0 Å². The Morgan fingerprint density at radius 2 is 2.00 bits per heavy atom. The summed E-state index contributed by atoms with van der Waals surface area (Å²) in [7, 11) is 0. The van der Waals surface area contributed by atoms with E-state index in [1.54, 1.807) is 0 Å². The van der Waals surface area contributed by atoms with Crippen LogP contribution in [0.5, 0.6) is 0 Å². The topological polar surface area (TPSA) is 69.2 Å². The van der Waals surface area contributed by atoms with Crippen LogP contribution >= 0.6 is 0 Å². The second-order valence-corrected chi connectivity index (χ2v) is 2.82. The first-order valence-corrected chi connectivity index (χ1v) is 3.91. The van der Waals surface area contributed by atoms with Crippen LogP contribution in [-0.4, -0.2) is 11.3 Å². The molecule has 0 aliphatic heterocycles. The van der Waals surface area contributed by atoms with Crippen LogP contribution in [0.1, 0.15) is 11.6 Å². The molecule has 1 aromatic carbocycles. The van der Waals surface area contributed by atoms with Gasteiger partial charge in [0.05, 0.1) is 16.5 Å². The summed E-state index contributed by atoms with van der Waals surface area (Å²) in [5, 5.41) is 10.4. The van der Waals surface area contributed by atoms with Gasteiger partial charge in [-0.15, -0.1) is 0 Å². The van der Waals surface area contributed by atoms with Gasteiger partial charge in [0, 0.05) is 6.07 Å². The fourth-order valence-corrected chi connectivity index (χ4v) is 1.09. The fourth-order valence-electron chi connectivity index (χ4n) is 1.09. The lowest BCUT2D eigenvalue weighted by Gasteiger charge is -2.10. The van der Waals surface area contributed by atoms with Crippen LogP contribution in [0.4, 0.5) is 18.9 Å². The highest BCUT2D eigenvalue weighted by molar-refractivity contribution is 5.42. The van der Waals surface area contributed by atoms with Gasteiger partial charge >= 0.3 is 0 Å². The van der Waals surface area contributed by atoms with E-state index in [0.717, 1.165) is 12.1 Å². The van der Waals surface area contributed by atoms with Gasteiger partial charge in [-0.05, 0) is 12.1 Å². The van der Waals surface area contributed by atoms with Crippen LogP contribution in [0.3, 0.4) is 0 Å². The summed E-state index contributed by atoms with van der Waals surface area (Å²) in [5.74, 6) is -0.841. The van der Waals surface area contributed by atoms with Gasteiger partial charge in [0.2, 0.25) is 0 Å². The zero-order valence-corrected chi connectivity index (χ0v) is 7.36. The normalized spacial score (nSPS) is 12.9. The van der Waals surface area contributed by atoms with Crippen LogP contribution in [0.2, 0.25) is 0 Å². The number of hydrogen-bond donors (Lipinski definition) is 1. The Morgan fingerprint density at radius 1 is 1.40 bits per heavy atom. The van der Waals surface area contributed by atoms with Gasteiger partial charge < -0.3 is 5.73 Å². The number of halogens is 3. The number of rotatable bonds is 3. The molecule has 0 saturated heterocycles. The molecule has 0 unspecified atom stereocenters. The van der Waals surface area contributed by atoms with Gasteiger partial charge in [0.25, 0.3) is 12.1 Å². The predicted octanol–water partition coefficient (Wildman–Crippen LogP) is 2.00. The largest absolute Gasteiger partial charge is 0.319 e. The average molecular weight is 220 g/mol. The molecule has 0 heterocycles. The molecular weight excluding hydrogens is 213 g/mol. The number of nitro benzene ring substituents is 1. The molecule has 1 aromatic rings. The molecule has 0 bridgehead atoms. The Hall–Kier alpha value is -1.63. The van der Waals surface area contributed by atoms with Crippen molar-refractivity contribution in [2.45, 2.75) is 12.5 Å². The van der Waals surface area contributed by atoms with Crippen molar-refractivity contribution >= 4 is 5.69 Å². The summed E-state index contributed by atoms with van der Waals surface area (Å²) in [5.41, 5.74) is 3.91. The highest BCUT2D eigenvalue weighted by Gasteiger charge is 2.26. The summed E-state index contributed by atoms with van der Waals surface area (Å²) in [4.78, 5) is 9.56. The Labute approximate surface area is 82.7 Å². The van der Waals surface area contributed by atoms with E-state index >= 15 is 0 Å². The molecule has 0 radical (unpaired) electrons. The molecule has 15 heavy (non-hydrogen) atoms. The van der Waals surface area contributed by atoms with E-state index in [-0.39, 0.29) is 0 Å². The van der Waals surface area contributed by atoms with Crippen molar-refractivity contribution in [1.29, 1.82) is 0 Å². The third-order valence-electron chi connectivity index (χ3n) is 1.82. The minimum absolute atomic E-state index is 0.505. The number of nitrogens with two attached hydrogens (primary N) is 1. The van der Waals surface area contributed by atoms with E-state index in [0.29, 0.717) is 6.07 Å². The maximum Gasteiger partial charge on any atom is 0.274 e. The zero-order valence-electron chi connectivity index (χ0n) is 7.36. The quantitative estimate of drug-likeness (QED) is 0.625. The molecule has 0 aromatic heterocycles. The van der Waals surface area contributed by atoms with Crippen molar-refractivity contribution in [1.82, 2.24) is 0 Å². The SMILES string of the molecule is N[C@H](c1cc(F)ccc1[N+](=O)[O-])C(F)F. The molecule has 1 atom stereocenters. The first-order chi connectivity index (χ1) is 6.93. The third kappa shape index (κ3) is 2.44. The predicted molar refractivity (Wildman–Crippen MR) is 46.0 cm³/mol. The highest BCUT2D eigenvalue weighted by atomic mass is 19.3. The lowest BCUT2D eigenvalue weighted by atomic mass is 10.1. The minimum atomic E-state index is -2.98. The molecule has 7 heteroatoms. The molecule has 0 saturated carbocycles. The van der Waals surface area contributed by atoms with Gasteiger partial charge in [0.1, 0.15) is 5.82 Å². The van der Waals surface area contributed by atoms with Gasteiger partial charge in [-0.25, -0.2) is 13.2 Å². The Kier molecular flexibility index (Phi) is 3.25. The monoisotopic (exact) mass is 220 g/mol. The van der Waals surface area contributed by atoms with Crippen LogP contribution in [0.25, 0.3) is 0 Å². The fraction of sp³-hybridized carbons (Fsp3) is 0.250. The van der Waals surface area contributed by atoms with E-state index in [1.165, 1.54) is 0 Å². The molecule has 0 fully saturated rings. The zero-order chi connectivity index (χ0) is 11.6. The second-order valence-electron chi connectivity index (χ2n) is 2.82. The summed E-state index contributed by atoms with van der Waals surface area (Å²) in [6.45, 7) is 0. The van der Waals surface area contributed by atoms with Gasteiger partial charge in [-0.1, -0.05) is 0 Å². The van der Waals surface area contributed by atoms with E-state index in [9.17, 15) is 23.3 Å². The lowest BCUT2D eigenvalue weighted by Crippen LogP contribution is -2.20. The first kappa shape index (κ1) is 11.4. The molecular formula is C8H7F3N2O2. The molecule has 4 nitrogen and oxygen atoms in total. The highest BCUT2D eigenvalue weighted by Crippen LogP contribution is 2.27. The van der Waals surface area contributed by atoms with Gasteiger partial charge in [0.15, 0.2) is 0 Å². The summed E-state index contributed by atoms with van der Waals surface area (Å²) in [6, 6.07) is 0.419. The molecule has 0 aliphatic carbocycles. The third-order valence-corrected chi connectivity index (χ3v) is 1.82. The van der Waals surface area contributed by atoms with Crippen LogP contribution in [0.15, 0.2) is 18.2 Å². The Bertz CT molecular complexity index is 384. The van der Waals surface area contributed by atoms with Crippen molar-refractivity contribution in [3.63, 3.8) is 0 Å². The van der Waals surface area contributed by atoms with Gasteiger partial charge in [-0.2, -0.15) is 0 Å². The summed E-state index contributed by atoms with van der Waals surface area (Å²) in [6.07, 6.45) is -2.98. The molecule has 2 N–H and O–H groups in total. The number of nitrogens with zero attached hydrogens (tertiary/aromatic N) is 1. The molecule has 0 aliphatic rings. The standard InChI is InChI=1S/C8H7F3N2O2/c9-4-1-2-6(13(14)15)5(3-4)7(12)8(10)11/h1-3,7-8H,12H2/t7-/m1/s1. The summed E-state index contributed by atoms with van der Waals surface area (Å²) < 4.78 is 37.1. The number of hydrogen-bond acceptors (Lipinski definition) is 3. The smallest absolute Gasteiger partial charge is 0.274 e. The van der Waals surface area contributed by atoms with Crippen molar-refractivity contribution in [3.8, 4) is 0 Å². The van der Waals surface area contributed by atoms with Crippen molar-refractivity contribution < 1.29 is 18.1 Å². The number of benzene rings is 1. The number of alkyl halides is 2. The van der Waals surface area contributed by atoms with Gasteiger partial charge in [-0.3, -0.25) is 10.1 Å². The minimum Gasteiger partial charge on any atom is -0.319 e. The second kappa shape index (κ2) is 4.26. The van der Waals surface area contributed by atoms with Crippen LogP contribution in [0, 0.1) is 15.9 Å². The molecule has 0 spiro atoms. The Morgan fingerprint density at radius 3 is 2.47 bits per heavy atom. The van der Waals surface area contributed by atoms with E-state index in [1.807, 2.05) is 0 Å². The average Bonchev–Trinajstić information content (AvgIpc) is 2.15. The van der Waals surface area contributed by atoms with Crippen LogP contribution < -0.4 is 5.73 Å². The molecule has 1 rings (SSSR count). The summed E-state index contributed by atoms with van der Waals surface area (Å²) >= 11 is 0. The Balaban J connectivity index is 3.24. The van der Waals surface area contributed by atoms with Crippen molar-refractivity contribution in [2.24, 2.45) is 5.73 Å². The van der Waals surface area contributed by atoms with Crippen molar-refractivity contribution in [3.05, 3.63) is 39.7 Å². The van der Waals surface area contributed by atoms with E-state index in [2.05, 4.69) is 0 Å². The lowest BCUT2D eigenvalue weighted by molar-refractivity contribution is -0.385. The first-order valence-electron chi connectivity index (χ1n) is 3.91. The van der Waals surface area contributed by atoms with E-state index in [4.69, 9.17) is 5.73 Å². The van der Waals surface area contributed by atoms with E-state index < -0.39 is 34.5 Å².